The predicted molar refractivity (Wildman–Crippen MR) is 126 cm³/mol. The monoisotopic (exact) mass is 542 g/mol. The number of carbonyl (C=O) groups excluding carboxylic acids is 4. The Balaban J connectivity index is 5.10. The SMILES string of the molecule is COC(=O)[C@H](C)NC(=O)[C@H](CCSC)N[Se]C(=O)[C@H](CCCCN)NC(=O)OC(C)(C)C. The summed E-state index contributed by atoms with van der Waals surface area (Å²) >= 11 is 0.789. The van der Waals surface area contributed by atoms with Crippen molar-refractivity contribution >= 4 is 49.6 Å². The molecule has 12 heteroatoms. The summed E-state index contributed by atoms with van der Waals surface area (Å²) in [6.07, 6.45) is 3.56. The fraction of sp³-hybridized carbons (Fsp3) is 0.800. The molecule has 3 atom stereocenters. The Morgan fingerprint density at radius 1 is 1.06 bits per heavy atom. The van der Waals surface area contributed by atoms with E-state index in [1.165, 1.54) is 14.0 Å². The van der Waals surface area contributed by atoms with Gasteiger partial charge in [0, 0.05) is 0 Å². The maximum absolute atomic E-state index is 12.9. The Labute approximate surface area is 201 Å². The Morgan fingerprint density at radius 3 is 2.25 bits per heavy atom. The molecule has 0 unspecified atom stereocenters. The number of nitrogens with two attached hydrogens (primary N) is 1. The molecule has 0 radical (unpaired) electrons. The number of methoxy groups -OCH3 is 1. The van der Waals surface area contributed by atoms with Crippen LogP contribution >= 0.6 is 11.8 Å². The third kappa shape index (κ3) is 13.9. The number of hydrogen-bond acceptors (Lipinski definition) is 9. The van der Waals surface area contributed by atoms with Gasteiger partial charge in [-0.1, -0.05) is 0 Å². The number of ether oxygens (including phenoxy) is 2. The summed E-state index contributed by atoms with van der Waals surface area (Å²) in [6, 6.07) is -2.18. The summed E-state index contributed by atoms with van der Waals surface area (Å²) in [5.74, 6) is -0.241. The Hall–Kier alpha value is -1.33. The van der Waals surface area contributed by atoms with E-state index >= 15 is 0 Å². The van der Waals surface area contributed by atoms with Crippen molar-refractivity contribution in [1.82, 2.24) is 15.0 Å². The van der Waals surface area contributed by atoms with Crippen LogP contribution in [0.4, 0.5) is 4.79 Å². The van der Waals surface area contributed by atoms with Crippen LogP contribution in [0.2, 0.25) is 0 Å². The number of rotatable bonds is 15. The van der Waals surface area contributed by atoms with Gasteiger partial charge in [0.1, 0.15) is 0 Å². The standard InChI is InChI=1S/C20H38N4O6SSe/c1-13(17(26)29-5)22-16(25)14(10-12-31-6)24-32-18(27)15(9-7-8-11-21)23-19(28)30-20(2,3)4/h13-15,24H,7-12,21H2,1-6H3,(H,22,25)(H,23,28)/t13-,14-,15-/m0/s1. The predicted octanol–water partition coefficient (Wildman–Crippen LogP) is 0.544. The fourth-order valence-corrected chi connectivity index (χ4v) is 4.58. The van der Waals surface area contributed by atoms with Crippen LogP contribution in [0.25, 0.3) is 0 Å². The zero-order chi connectivity index (χ0) is 24.7. The first-order valence-electron chi connectivity index (χ1n) is 10.5. The molecular weight excluding hydrogens is 503 g/mol. The van der Waals surface area contributed by atoms with E-state index < -0.39 is 51.0 Å². The first kappa shape index (κ1) is 30.7. The van der Waals surface area contributed by atoms with E-state index in [-0.39, 0.29) is 10.6 Å². The molecule has 32 heavy (non-hydrogen) atoms. The molecule has 0 aliphatic heterocycles. The molecule has 0 rings (SSSR count). The molecule has 0 aliphatic carbocycles. The van der Waals surface area contributed by atoms with E-state index in [4.69, 9.17) is 10.5 Å². The number of carbonyl (C=O) groups is 4. The maximum atomic E-state index is 12.9. The second-order valence-electron chi connectivity index (χ2n) is 8.11. The Morgan fingerprint density at radius 2 is 1.72 bits per heavy atom. The zero-order valence-corrected chi connectivity index (χ0v) is 22.3. The number of esters is 1. The van der Waals surface area contributed by atoms with Gasteiger partial charge in [-0.25, -0.2) is 0 Å². The van der Waals surface area contributed by atoms with Gasteiger partial charge in [0.25, 0.3) is 0 Å². The summed E-state index contributed by atoms with van der Waals surface area (Å²) in [5.41, 5.74) is 4.85. The minimum absolute atomic E-state index is 0.205. The number of amides is 2. The van der Waals surface area contributed by atoms with E-state index in [1.807, 2.05) is 6.26 Å². The molecule has 10 nitrogen and oxygen atoms in total. The number of unbranched alkanes of at least 4 members (excludes halogenated alkanes) is 1. The van der Waals surface area contributed by atoms with Crippen molar-refractivity contribution in [3.05, 3.63) is 0 Å². The fourth-order valence-electron chi connectivity index (χ4n) is 2.42. The first-order valence-corrected chi connectivity index (χ1v) is 13.6. The van der Waals surface area contributed by atoms with Gasteiger partial charge in [-0.15, -0.1) is 0 Å². The average molecular weight is 542 g/mol. The molecule has 0 heterocycles. The molecule has 0 fully saturated rings. The number of hydrogen-bond donors (Lipinski definition) is 4. The molecule has 0 aromatic carbocycles. The van der Waals surface area contributed by atoms with Crippen LogP contribution in [-0.2, 0) is 23.9 Å². The van der Waals surface area contributed by atoms with Gasteiger partial charge in [-0.3, -0.25) is 0 Å². The first-order chi connectivity index (χ1) is 14.9. The van der Waals surface area contributed by atoms with Gasteiger partial charge >= 0.3 is 202 Å². The molecule has 0 spiro atoms. The summed E-state index contributed by atoms with van der Waals surface area (Å²) in [4.78, 5) is 49.2. The van der Waals surface area contributed by atoms with Gasteiger partial charge in [0.15, 0.2) is 0 Å². The van der Waals surface area contributed by atoms with Gasteiger partial charge in [0.05, 0.1) is 0 Å². The molecular formula is C20H38N4O6SSe. The summed E-state index contributed by atoms with van der Waals surface area (Å²) in [7, 11) is 1.25. The molecule has 0 aliphatic rings. The zero-order valence-electron chi connectivity index (χ0n) is 19.8. The molecule has 5 N–H and O–H groups in total. The van der Waals surface area contributed by atoms with Crippen molar-refractivity contribution in [2.24, 2.45) is 5.73 Å². The van der Waals surface area contributed by atoms with E-state index in [9.17, 15) is 19.2 Å². The van der Waals surface area contributed by atoms with Crippen molar-refractivity contribution in [1.29, 1.82) is 0 Å². The van der Waals surface area contributed by atoms with E-state index in [2.05, 4.69) is 19.7 Å². The summed E-state index contributed by atoms with van der Waals surface area (Å²) in [5, 5.41) is 5.24. The second-order valence-corrected chi connectivity index (χ2v) is 10.9. The molecule has 186 valence electrons. The molecule has 0 bridgehead atoms. The number of thioether (sulfide) groups is 1. The van der Waals surface area contributed by atoms with Crippen LogP contribution in [0.3, 0.4) is 0 Å². The van der Waals surface area contributed by atoms with Crippen LogP contribution in [0.5, 0.6) is 0 Å². The third-order valence-electron chi connectivity index (χ3n) is 4.06. The Kier molecular flexibility index (Phi) is 15.6. The minimum atomic E-state index is -0.799. The van der Waals surface area contributed by atoms with Crippen molar-refractivity contribution < 1.29 is 28.7 Å². The number of nitrogens with one attached hydrogen (secondary N) is 3. The van der Waals surface area contributed by atoms with E-state index in [0.717, 1.165) is 6.42 Å². The Bertz CT molecular complexity index is 617. The molecule has 0 saturated carbocycles. The average Bonchev–Trinajstić information content (AvgIpc) is 2.70. The third-order valence-corrected chi connectivity index (χ3v) is 6.57. The van der Waals surface area contributed by atoms with Gasteiger partial charge < -0.3 is 0 Å². The number of alkyl carbamates (subject to hydrolysis) is 1. The van der Waals surface area contributed by atoms with Crippen molar-refractivity contribution in [2.75, 3.05) is 25.7 Å². The van der Waals surface area contributed by atoms with E-state index in [0.29, 0.717) is 31.6 Å². The molecule has 0 aromatic heterocycles. The molecule has 2 amide bonds. The van der Waals surface area contributed by atoms with Crippen LogP contribution in [0.1, 0.15) is 53.4 Å². The van der Waals surface area contributed by atoms with Crippen LogP contribution in [0.15, 0.2) is 0 Å². The van der Waals surface area contributed by atoms with Gasteiger partial charge in [-0.2, -0.15) is 0 Å². The van der Waals surface area contributed by atoms with Crippen LogP contribution in [0, 0.1) is 0 Å². The van der Waals surface area contributed by atoms with Crippen LogP contribution < -0.4 is 20.7 Å². The molecule has 0 saturated heterocycles. The summed E-state index contributed by atoms with van der Waals surface area (Å²) in [6.45, 7) is 7.25. The molecule has 0 aromatic rings. The summed E-state index contributed by atoms with van der Waals surface area (Å²) < 4.78 is 12.7. The van der Waals surface area contributed by atoms with E-state index in [1.54, 1.807) is 32.5 Å². The van der Waals surface area contributed by atoms with Crippen molar-refractivity contribution in [2.45, 2.75) is 77.1 Å². The van der Waals surface area contributed by atoms with Crippen LogP contribution in [-0.4, -0.2) is 87.2 Å². The van der Waals surface area contributed by atoms with Crippen molar-refractivity contribution in [3.63, 3.8) is 0 Å². The van der Waals surface area contributed by atoms with Gasteiger partial charge in [-0.05, 0) is 0 Å². The van der Waals surface area contributed by atoms with Crippen molar-refractivity contribution in [3.8, 4) is 0 Å². The van der Waals surface area contributed by atoms with Gasteiger partial charge in [0.2, 0.25) is 0 Å². The second kappa shape index (κ2) is 16.3. The quantitative estimate of drug-likeness (QED) is 0.132. The normalized spacial score (nSPS) is 14.1. The topological polar surface area (TPSA) is 149 Å².